The Labute approximate surface area is 121 Å². The van der Waals surface area contributed by atoms with E-state index in [9.17, 15) is 0 Å². The van der Waals surface area contributed by atoms with Crippen molar-refractivity contribution in [2.45, 2.75) is 84.7 Å². The molecule has 0 bridgehead atoms. The summed E-state index contributed by atoms with van der Waals surface area (Å²) in [7, 11) is 0. The highest BCUT2D eigenvalue weighted by Crippen LogP contribution is 2.25. The third kappa shape index (κ3) is 5.07. The maximum atomic E-state index is 3.85. The zero-order chi connectivity index (χ0) is 14.3. The number of hydrogen-bond donors (Lipinski definition) is 1. The molecule has 2 heteroatoms. The second-order valence-electron chi connectivity index (χ2n) is 6.82. The molecule has 19 heavy (non-hydrogen) atoms. The van der Waals surface area contributed by atoms with E-state index in [1.165, 1.54) is 58.2 Å². The van der Waals surface area contributed by atoms with Crippen LogP contribution in [-0.2, 0) is 0 Å². The van der Waals surface area contributed by atoms with Gasteiger partial charge in [-0.1, -0.05) is 41.0 Å². The molecule has 1 N–H and O–H groups in total. The van der Waals surface area contributed by atoms with E-state index in [1.807, 2.05) is 0 Å². The Balaban J connectivity index is 2.56. The molecule has 2 nitrogen and oxygen atoms in total. The Morgan fingerprint density at radius 1 is 1.21 bits per heavy atom. The minimum atomic E-state index is 0.377. The van der Waals surface area contributed by atoms with Crippen LogP contribution in [0.4, 0.5) is 0 Å². The van der Waals surface area contributed by atoms with Gasteiger partial charge in [-0.3, -0.25) is 4.90 Å². The average Bonchev–Trinajstić information content (AvgIpc) is 2.40. The minimum absolute atomic E-state index is 0.377. The lowest BCUT2D eigenvalue weighted by atomic mass is 9.87. The van der Waals surface area contributed by atoms with Crippen LogP contribution in [0, 0.1) is 5.92 Å². The van der Waals surface area contributed by atoms with Crippen LogP contribution in [0.15, 0.2) is 0 Å². The first-order valence-corrected chi connectivity index (χ1v) is 8.56. The van der Waals surface area contributed by atoms with Gasteiger partial charge in [0.05, 0.1) is 0 Å². The first-order valence-electron chi connectivity index (χ1n) is 8.56. The summed E-state index contributed by atoms with van der Waals surface area (Å²) >= 11 is 0. The highest BCUT2D eigenvalue weighted by Gasteiger charge is 2.35. The maximum absolute atomic E-state index is 3.85. The van der Waals surface area contributed by atoms with E-state index in [0.717, 1.165) is 12.0 Å². The number of nitrogens with zero attached hydrogens (tertiary/aromatic N) is 1. The van der Waals surface area contributed by atoms with E-state index in [4.69, 9.17) is 0 Å². The number of rotatable bonds is 8. The van der Waals surface area contributed by atoms with Gasteiger partial charge in [0.1, 0.15) is 0 Å². The highest BCUT2D eigenvalue weighted by molar-refractivity contribution is 4.96. The van der Waals surface area contributed by atoms with Crippen LogP contribution in [0.2, 0.25) is 0 Å². The molecule has 114 valence electrons. The van der Waals surface area contributed by atoms with Crippen LogP contribution in [0.1, 0.15) is 73.1 Å². The van der Waals surface area contributed by atoms with Crippen molar-refractivity contribution in [1.82, 2.24) is 10.2 Å². The van der Waals surface area contributed by atoms with Crippen molar-refractivity contribution in [1.29, 1.82) is 0 Å². The molecule has 1 heterocycles. The first-order chi connectivity index (χ1) is 9.06. The molecule has 1 aliphatic heterocycles. The summed E-state index contributed by atoms with van der Waals surface area (Å²) in [5, 5.41) is 3.85. The molecule has 0 aromatic carbocycles. The Kier molecular flexibility index (Phi) is 7.38. The molecule has 0 spiro atoms. The topological polar surface area (TPSA) is 15.3 Å². The van der Waals surface area contributed by atoms with Crippen LogP contribution in [0.25, 0.3) is 0 Å². The lowest BCUT2D eigenvalue weighted by molar-refractivity contribution is 0.0658. The molecule has 0 aromatic heterocycles. The van der Waals surface area contributed by atoms with Gasteiger partial charge in [0.2, 0.25) is 0 Å². The summed E-state index contributed by atoms with van der Waals surface area (Å²) in [4.78, 5) is 2.79. The Bertz CT molecular complexity index is 233. The molecule has 1 aliphatic rings. The van der Waals surface area contributed by atoms with Crippen molar-refractivity contribution in [2.24, 2.45) is 5.92 Å². The second kappa shape index (κ2) is 8.26. The van der Waals surface area contributed by atoms with Crippen molar-refractivity contribution in [3.8, 4) is 0 Å². The van der Waals surface area contributed by atoms with Crippen LogP contribution in [0.3, 0.4) is 0 Å². The molecule has 0 radical (unpaired) electrons. The monoisotopic (exact) mass is 268 g/mol. The Morgan fingerprint density at radius 3 is 2.42 bits per heavy atom. The van der Waals surface area contributed by atoms with Gasteiger partial charge in [0.15, 0.2) is 0 Å². The highest BCUT2D eigenvalue weighted by atomic mass is 15.2. The minimum Gasteiger partial charge on any atom is -0.308 e. The van der Waals surface area contributed by atoms with Crippen molar-refractivity contribution < 1.29 is 0 Å². The normalized spacial score (nSPS) is 24.0. The van der Waals surface area contributed by atoms with Gasteiger partial charge in [0, 0.05) is 24.7 Å². The molecule has 1 atom stereocenters. The van der Waals surface area contributed by atoms with E-state index >= 15 is 0 Å². The van der Waals surface area contributed by atoms with Gasteiger partial charge >= 0.3 is 0 Å². The SMILES string of the molecule is CCCC1CNC(CC)(CC)CN1CCCC(C)C. The molecule has 0 aliphatic carbocycles. The third-order valence-electron chi connectivity index (χ3n) is 4.94. The summed E-state index contributed by atoms with van der Waals surface area (Å²) in [5.41, 5.74) is 0.377. The first kappa shape index (κ1) is 17.0. The molecule has 1 unspecified atom stereocenters. The number of nitrogens with one attached hydrogen (secondary N) is 1. The molecular formula is C17H36N2. The molecular weight excluding hydrogens is 232 g/mol. The number of piperazine rings is 1. The number of hydrogen-bond acceptors (Lipinski definition) is 2. The van der Waals surface area contributed by atoms with Crippen LogP contribution < -0.4 is 5.32 Å². The molecule has 1 fully saturated rings. The van der Waals surface area contributed by atoms with E-state index in [2.05, 4.69) is 44.8 Å². The Hall–Kier alpha value is -0.0800. The summed E-state index contributed by atoms with van der Waals surface area (Å²) < 4.78 is 0. The molecule has 1 saturated heterocycles. The van der Waals surface area contributed by atoms with Gasteiger partial charge in [-0.2, -0.15) is 0 Å². The standard InChI is InChI=1S/C17H36N2/c1-6-10-16-13-18-17(7-2,8-3)14-19(16)12-9-11-15(4)5/h15-16,18H,6-14H2,1-5H3. The van der Waals surface area contributed by atoms with Gasteiger partial charge in [-0.25, -0.2) is 0 Å². The van der Waals surface area contributed by atoms with E-state index in [1.54, 1.807) is 0 Å². The molecule has 0 amide bonds. The summed E-state index contributed by atoms with van der Waals surface area (Å²) in [6.45, 7) is 15.4. The molecule has 0 aromatic rings. The van der Waals surface area contributed by atoms with Gasteiger partial charge in [-0.15, -0.1) is 0 Å². The van der Waals surface area contributed by atoms with Crippen molar-refractivity contribution in [3.63, 3.8) is 0 Å². The van der Waals surface area contributed by atoms with Crippen molar-refractivity contribution in [3.05, 3.63) is 0 Å². The molecule has 0 saturated carbocycles. The fraction of sp³-hybridized carbons (Fsp3) is 1.00. The van der Waals surface area contributed by atoms with Crippen LogP contribution >= 0.6 is 0 Å². The zero-order valence-electron chi connectivity index (χ0n) is 14.0. The summed E-state index contributed by atoms with van der Waals surface area (Å²) in [6, 6.07) is 0.767. The van der Waals surface area contributed by atoms with Gasteiger partial charge in [-0.05, 0) is 44.6 Å². The predicted molar refractivity (Wildman–Crippen MR) is 85.7 cm³/mol. The quantitative estimate of drug-likeness (QED) is 0.714. The summed E-state index contributed by atoms with van der Waals surface area (Å²) in [5.74, 6) is 0.842. The maximum Gasteiger partial charge on any atom is 0.0304 e. The lowest BCUT2D eigenvalue weighted by Gasteiger charge is -2.48. The van der Waals surface area contributed by atoms with Gasteiger partial charge < -0.3 is 5.32 Å². The second-order valence-corrected chi connectivity index (χ2v) is 6.82. The van der Waals surface area contributed by atoms with E-state index in [0.29, 0.717) is 5.54 Å². The average molecular weight is 268 g/mol. The smallest absolute Gasteiger partial charge is 0.0304 e. The molecule has 1 rings (SSSR count). The van der Waals surface area contributed by atoms with Crippen molar-refractivity contribution >= 4 is 0 Å². The lowest BCUT2D eigenvalue weighted by Crippen LogP contribution is -2.63. The van der Waals surface area contributed by atoms with Gasteiger partial charge in [0.25, 0.3) is 0 Å². The zero-order valence-corrected chi connectivity index (χ0v) is 14.0. The fourth-order valence-corrected chi connectivity index (χ4v) is 3.34. The fourth-order valence-electron chi connectivity index (χ4n) is 3.34. The summed E-state index contributed by atoms with van der Waals surface area (Å²) in [6.07, 6.45) is 7.89. The third-order valence-corrected chi connectivity index (χ3v) is 4.94. The predicted octanol–water partition coefficient (Wildman–Crippen LogP) is 4.06. The van der Waals surface area contributed by atoms with Crippen LogP contribution in [-0.4, -0.2) is 36.1 Å². The Morgan fingerprint density at radius 2 is 1.89 bits per heavy atom. The van der Waals surface area contributed by atoms with E-state index in [-0.39, 0.29) is 0 Å². The van der Waals surface area contributed by atoms with E-state index < -0.39 is 0 Å². The van der Waals surface area contributed by atoms with Crippen LogP contribution in [0.5, 0.6) is 0 Å². The largest absolute Gasteiger partial charge is 0.308 e. The van der Waals surface area contributed by atoms with Crippen molar-refractivity contribution in [2.75, 3.05) is 19.6 Å².